The van der Waals surface area contributed by atoms with E-state index in [2.05, 4.69) is 232 Å². The van der Waals surface area contributed by atoms with Crippen LogP contribution in [0, 0.1) is 0 Å². The predicted molar refractivity (Wildman–Crippen MR) is 258 cm³/mol. The van der Waals surface area contributed by atoms with Crippen LogP contribution in [-0.2, 0) is 10.8 Å². The Bertz CT molecular complexity index is 3340. The van der Waals surface area contributed by atoms with E-state index in [-0.39, 0.29) is 10.8 Å². The predicted octanol–water partition coefficient (Wildman–Crippen LogP) is 16.1. The molecule has 0 aliphatic heterocycles. The van der Waals surface area contributed by atoms with Crippen LogP contribution in [0.3, 0.4) is 0 Å². The lowest BCUT2D eigenvalue weighted by Gasteiger charge is -2.23. The van der Waals surface area contributed by atoms with Crippen molar-refractivity contribution < 1.29 is 0 Å². The summed E-state index contributed by atoms with van der Waals surface area (Å²) in [5, 5.41) is 4.89. The first-order valence-corrected chi connectivity index (χ1v) is 21.6. The molecular weight excluding hydrogens is 735 g/mol. The highest BCUT2D eigenvalue weighted by Gasteiger charge is 2.36. The summed E-state index contributed by atoms with van der Waals surface area (Å²) in [6, 6.07) is 75.0. The quantitative estimate of drug-likeness (QED) is 0.153. The summed E-state index contributed by atoms with van der Waals surface area (Å²) in [4.78, 5) is 0. The standard InChI is InChI=1S/C60H45N/c1-59(2)52-21-13-11-19-47(52)49-29-26-42(36-54(49)59)40-25-28-46-45(33-40)34-44-24-23-41(43-27-30-50-48-20-12-14-22-53(48)60(3,4)55(50)37-43)35-51(44)58(46)61-56(38-15-7-5-8-16-38)31-32-57(61)39-17-9-6-10-18-39/h5-37H,1-4H3. The van der Waals surface area contributed by atoms with Gasteiger partial charge in [-0.15, -0.1) is 0 Å². The van der Waals surface area contributed by atoms with E-state index in [4.69, 9.17) is 0 Å². The van der Waals surface area contributed by atoms with Gasteiger partial charge in [-0.1, -0.05) is 185 Å². The first-order valence-electron chi connectivity index (χ1n) is 21.6. The maximum atomic E-state index is 2.52. The summed E-state index contributed by atoms with van der Waals surface area (Å²) < 4.78 is 2.52. The van der Waals surface area contributed by atoms with Gasteiger partial charge < -0.3 is 4.57 Å². The van der Waals surface area contributed by atoms with Gasteiger partial charge in [-0.3, -0.25) is 0 Å². The molecule has 0 fully saturated rings. The van der Waals surface area contributed by atoms with Gasteiger partial charge in [-0.25, -0.2) is 0 Å². The van der Waals surface area contributed by atoms with Gasteiger partial charge in [0.2, 0.25) is 0 Å². The van der Waals surface area contributed by atoms with Crippen LogP contribution in [0.15, 0.2) is 200 Å². The zero-order chi connectivity index (χ0) is 41.0. The molecule has 0 amide bonds. The molecule has 0 N–H and O–H groups in total. The highest BCUT2D eigenvalue weighted by molar-refractivity contribution is 6.10. The first-order chi connectivity index (χ1) is 29.8. The summed E-state index contributed by atoms with van der Waals surface area (Å²) in [6.07, 6.45) is 0. The van der Waals surface area contributed by atoms with Crippen molar-refractivity contribution in [3.8, 4) is 72.7 Å². The monoisotopic (exact) mass is 779 g/mol. The van der Waals surface area contributed by atoms with Gasteiger partial charge in [0.1, 0.15) is 0 Å². The number of aromatic nitrogens is 1. The molecule has 0 unspecified atom stereocenters. The van der Waals surface area contributed by atoms with E-state index in [1.165, 1.54) is 117 Å². The molecule has 0 radical (unpaired) electrons. The van der Waals surface area contributed by atoms with E-state index in [0.29, 0.717) is 0 Å². The molecule has 1 heterocycles. The van der Waals surface area contributed by atoms with Gasteiger partial charge in [-0.05, 0) is 131 Å². The Hall–Kier alpha value is -7.22. The van der Waals surface area contributed by atoms with Gasteiger partial charge in [0, 0.05) is 21.6 Å². The fourth-order valence-electron chi connectivity index (χ4n) is 10.8. The Labute approximate surface area is 358 Å². The number of fused-ring (bicyclic) bond motifs is 8. The lowest BCUT2D eigenvalue weighted by molar-refractivity contribution is 0.660. The van der Waals surface area contributed by atoms with Crippen molar-refractivity contribution in [2.24, 2.45) is 0 Å². The normalized spacial score (nSPS) is 14.2. The van der Waals surface area contributed by atoms with Crippen LogP contribution in [0.2, 0.25) is 0 Å². The summed E-state index contributed by atoms with van der Waals surface area (Å²) in [5.41, 5.74) is 21.7. The van der Waals surface area contributed by atoms with E-state index in [0.717, 1.165) is 0 Å². The van der Waals surface area contributed by atoms with Crippen molar-refractivity contribution in [1.29, 1.82) is 0 Å². The van der Waals surface area contributed by atoms with Crippen LogP contribution >= 0.6 is 0 Å². The molecule has 12 rings (SSSR count). The maximum absolute atomic E-state index is 2.52. The molecule has 0 saturated heterocycles. The SMILES string of the molecule is CC1(C)c2ccccc2-c2ccc(-c3ccc4c(-n5c(-c6ccccc6)ccc5-c5ccccc5)c5cc(-c6ccc7c(c6)C(C)(C)c6ccccc6-7)ccc5cc4c3)cc21. The largest absolute Gasteiger partial charge is 0.308 e. The molecule has 1 aromatic heterocycles. The average molecular weight is 780 g/mol. The number of hydrogen-bond donors (Lipinski definition) is 0. The van der Waals surface area contributed by atoms with E-state index in [9.17, 15) is 0 Å². The molecule has 0 saturated carbocycles. The van der Waals surface area contributed by atoms with E-state index in [1.54, 1.807) is 0 Å². The Kier molecular flexibility index (Phi) is 7.69. The smallest absolute Gasteiger partial charge is 0.0619 e. The average Bonchev–Trinajstić information content (AvgIpc) is 3.91. The molecular formula is C60H45N. The number of nitrogens with zero attached hydrogens (tertiary/aromatic N) is 1. The second kappa shape index (κ2) is 13.1. The van der Waals surface area contributed by atoms with Crippen molar-refractivity contribution in [3.05, 3.63) is 222 Å². The van der Waals surface area contributed by atoms with Crippen LogP contribution in [0.4, 0.5) is 0 Å². The zero-order valence-corrected chi connectivity index (χ0v) is 35.0. The van der Waals surface area contributed by atoms with Crippen LogP contribution in [0.1, 0.15) is 49.9 Å². The summed E-state index contributed by atoms with van der Waals surface area (Å²) in [7, 11) is 0. The minimum absolute atomic E-state index is 0.0610. The van der Waals surface area contributed by atoms with E-state index in [1.807, 2.05) is 0 Å². The van der Waals surface area contributed by atoms with Gasteiger partial charge in [-0.2, -0.15) is 0 Å². The van der Waals surface area contributed by atoms with Gasteiger partial charge in [0.25, 0.3) is 0 Å². The molecule has 2 aliphatic carbocycles. The summed E-state index contributed by atoms with van der Waals surface area (Å²) >= 11 is 0. The van der Waals surface area contributed by atoms with Gasteiger partial charge >= 0.3 is 0 Å². The summed E-state index contributed by atoms with van der Waals surface area (Å²) in [6.45, 7) is 9.46. The highest BCUT2D eigenvalue weighted by atomic mass is 15.0. The maximum Gasteiger partial charge on any atom is 0.0619 e. The number of hydrogen-bond acceptors (Lipinski definition) is 0. The highest BCUT2D eigenvalue weighted by Crippen LogP contribution is 2.51. The molecule has 290 valence electrons. The molecule has 1 heteroatoms. The van der Waals surface area contributed by atoms with E-state index < -0.39 is 0 Å². The Balaban J connectivity index is 1.10. The minimum atomic E-state index is -0.0727. The molecule has 61 heavy (non-hydrogen) atoms. The molecule has 0 atom stereocenters. The van der Waals surface area contributed by atoms with Crippen LogP contribution in [0.25, 0.3) is 94.3 Å². The third-order valence-electron chi connectivity index (χ3n) is 14.0. The Morgan fingerprint density at radius 2 is 0.738 bits per heavy atom. The molecule has 2 aliphatic rings. The van der Waals surface area contributed by atoms with Crippen molar-refractivity contribution in [1.82, 2.24) is 4.57 Å². The van der Waals surface area contributed by atoms with E-state index >= 15 is 0 Å². The number of benzene rings is 9. The minimum Gasteiger partial charge on any atom is -0.308 e. The Morgan fingerprint density at radius 3 is 1.30 bits per heavy atom. The fraction of sp³-hybridized carbons (Fsp3) is 0.100. The Morgan fingerprint density at radius 1 is 0.295 bits per heavy atom. The zero-order valence-electron chi connectivity index (χ0n) is 35.0. The third-order valence-corrected chi connectivity index (χ3v) is 14.0. The topological polar surface area (TPSA) is 4.93 Å². The lowest BCUT2D eigenvalue weighted by Crippen LogP contribution is -2.14. The first kappa shape index (κ1) is 35.7. The van der Waals surface area contributed by atoms with Crippen LogP contribution < -0.4 is 0 Å². The van der Waals surface area contributed by atoms with Crippen molar-refractivity contribution in [2.75, 3.05) is 0 Å². The number of rotatable bonds is 5. The molecule has 0 bridgehead atoms. The van der Waals surface area contributed by atoms with Crippen LogP contribution in [-0.4, -0.2) is 4.57 Å². The fourth-order valence-corrected chi connectivity index (χ4v) is 10.8. The van der Waals surface area contributed by atoms with Crippen molar-refractivity contribution in [2.45, 2.75) is 38.5 Å². The van der Waals surface area contributed by atoms with Crippen LogP contribution in [0.5, 0.6) is 0 Å². The third kappa shape index (κ3) is 5.33. The molecule has 0 spiro atoms. The molecule has 10 aromatic rings. The van der Waals surface area contributed by atoms with Gasteiger partial charge in [0.15, 0.2) is 0 Å². The molecule has 9 aromatic carbocycles. The van der Waals surface area contributed by atoms with Crippen molar-refractivity contribution >= 4 is 21.5 Å². The second-order valence-electron chi connectivity index (χ2n) is 18.1. The van der Waals surface area contributed by atoms with Gasteiger partial charge in [0.05, 0.1) is 17.1 Å². The second-order valence-corrected chi connectivity index (χ2v) is 18.1. The lowest BCUT2D eigenvalue weighted by atomic mass is 9.81. The van der Waals surface area contributed by atoms with Crippen molar-refractivity contribution in [3.63, 3.8) is 0 Å². The molecule has 1 nitrogen and oxygen atoms in total. The summed E-state index contributed by atoms with van der Waals surface area (Å²) in [5.74, 6) is 0.